The summed E-state index contributed by atoms with van der Waals surface area (Å²) in [6.07, 6.45) is 0. The van der Waals surface area contributed by atoms with Gasteiger partial charge in [-0.1, -0.05) is 78.9 Å². The minimum absolute atomic E-state index is 0.355. The van der Waals surface area contributed by atoms with Crippen molar-refractivity contribution in [1.82, 2.24) is 0 Å². The van der Waals surface area contributed by atoms with Gasteiger partial charge in [0.15, 0.2) is 0 Å². The third-order valence-electron chi connectivity index (χ3n) is 8.09. The third-order valence-corrected chi connectivity index (χ3v) is 9.30. The molecule has 4 heteroatoms. The van der Waals surface area contributed by atoms with Gasteiger partial charge < -0.3 is 9.31 Å². The van der Waals surface area contributed by atoms with E-state index in [1.165, 1.54) is 52.8 Å². The van der Waals surface area contributed by atoms with E-state index in [-0.39, 0.29) is 18.3 Å². The number of rotatable bonds is 2. The van der Waals surface area contributed by atoms with E-state index in [1.807, 2.05) is 11.3 Å². The summed E-state index contributed by atoms with van der Waals surface area (Å²) < 4.78 is 15.3. The number of fused-ring (bicyclic) bond motifs is 8. The van der Waals surface area contributed by atoms with Crippen molar-refractivity contribution in [3.63, 3.8) is 0 Å². The second-order valence-electron chi connectivity index (χ2n) is 10.8. The average Bonchev–Trinajstić information content (AvgIpc) is 3.37. The highest BCUT2D eigenvalue weighted by Crippen LogP contribution is 2.44. The second kappa shape index (κ2) is 7.66. The van der Waals surface area contributed by atoms with E-state index in [0.717, 1.165) is 5.46 Å². The Hall–Kier alpha value is -3.18. The molecular weight excluding hydrogens is 459 g/mol. The summed E-state index contributed by atoms with van der Waals surface area (Å²) in [6, 6.07) is 33.1. The van der Waals surface area contributed by atoms with Crippen LogP contribution in [-0.2, 0) is 9.31 Å². The van der Waals surface area contributed by atoms with Crippen LogP contribution >= 0.6 is 11.3 Å². The topological polar surface area (TPSA) is 18.5 Å². The lowest BCUT2D eigenvalue weighted by Crippen LogP contribution is -2.41. The monoisotopic (exact) mass is 486 g/mol. The summed E-state index contributed by atoms with van der Waals surface area (Å²) in [4.78, 5) is 0. The molecule has 1 aliphatic heterocycles. The lowest BCUT2D eigenvalue weighted by Gasteiger charge is -2.32. The van der Waals surface area contributed by atoms with E-state index in [1.54, 1.807) is 0 Å². The molecule has 2 heterocycles. The molecule has 0 spiro atoms. The lowest BCUT2D eigenvalue weighted by atomic mass is 9.78. The van der Waals surface area contributed by atoms with E-state index < -0.39 is 0 Å². The van der Waals surface area contributed by atoms with Crippen LogP contribution in [0.1, 0.15) is 27.7 Å². The predicted molar refractivity (Wildman–Crippen MR) is 155 cm³/mol. The van der Waals surface area contributed by atoms with Crippen LogP contribution < -0.4 is 5.46 Å². The van der Waals surface area contributed by atoms with Crippen molar-refractivity contribution < 1.29 is 9.31 Å². The van der Waals surface area contributed by atoms with E-state index in [0.29, 0.717) is 0 Å². The van der Waals surface area contributed by atoms with Crippen LogP contribution in [0.5, 0.6) is 0 Å². The minimum atomic E-state index is -0.365. The predicted octanol–water partition coefficient (Wildman–Crippen LogP) is 8.33. The maximum atomic E-state index is 6.32. The van der Waals surface area contributed by atoms with Gasteiger partial charge in [-0.3, -0.25) is 0 Å². The van der Waals surface area contributed by atoms with Crippen molar-refractivity contribution in [3.05, 3.63) is 91.0 Å². The second-order valence-corrected chi connectivity index (χ2v) is 11.9. The van der Waals surface area contributed by atoms with Gasteiger partial charge in [0.2, 0.25) is 0 Å². The molecular formula is C32H27BO2S. The fourth-order valence-corrected chi connectivity index (χ4v) is 6.67. The number of hydrogen-bond acceptors (Lipinski definition) is 3. The molecule has 0 amide bonds. The van der Waals surface area contributed by atoms with Gasteiger partial charge in [0, 0.05) is 25.6 Å². The SMILES string of the molecule is CC1(C)OB(c2cccc(-c3ccc4sc5c6ccccc6c6ccccc6c5c4c3)c2)OC1(C)C. The highest BCUT2D eigenvalue weighted by atomic mass is 32.1. The van der Waals surface area contributed by atoms with Gasteiger partial charge in [0.1, 0.15) is 0 Å². The summed E-state index contributed by atoms with van der Waals surface area (Å²) in [5.41, 5.74) is 2.72. The van der Waals surface area contributed by atoms with Gasteiger partial charge in [-0.05, 0) is 72.6 Å². The molecule has 0 unspecified atom stereocenters. The molecule has 1 aliphatic rings. The van der Waals surface area contributed by atoms with Crippen LogP contribution in [0.25, 0.3) is 52.8 Å². The van der Waals surface area contributed by atoms with Crippen molar-refractivity contribution in [2.75, 3.05) is 0 Å². The quantitative estimate of drug-likeness (QED) is 0.181. The third kappa shape index (κ3) is 3.18. The number of thiophene rings is 1. The first-order valence-electron chi connectivity index (χ1n) is 12.5. The van der Waals surface area contributed by atoms with Crippen LogP contribution in [0, 0.1) is 0 Å². The molecule has 0 aliphatic carbocycles. The smallest absolute Gasteiger partial charge is 0.399 e. The molecule has 176 valence electrons. The first-order valence-corrected chi connectivity index (χ1v) is 13.4. The van der Waals surface area contributed by atoms with Gasteiger partial charge in [0.05, 0.1) is 11.2 Å². The van der Waals surface area contributed by atoms with Gasteiger partial charge in [-0.2, -0.15) is 0 Å². The highest BCUT2D eigenvalue weighted by Gasteiger charge is 2.51. The molecule has 0 atom stereocenters. The standard InChI is InChI=1S/C32H27BO2S/c1-31(2)32(3,4)35-33(34-31)22-11-9-10-20(18-22)21-16-17-28-27(19-21)29-25-14-7-5-12-23(25)24-13-6-8-15-26(24)30(29)36-28/h5-19H,1-4H3. The Morgan fingerprint density at radius 1 is 0.583 bits per heavy atom. The van der Waals surface area contributed by atoms with Crippen LogP contribution in [0.2, 0.25) is 0 Å². The van der Waals surface area contributed by atoms with Crippen molar-refractivity contribution >= 4 is 65.6 Å². The van der Waals surface area contributed by atoms with Crippen LogP contribution in [0.15, 0.2) is 91.0 Å². The van der Waals surface area contributed by atoms with E-state index in [9.17, 15) is 0 Å². The maximum Gasteiger partial charge on any atom is 0.494 e. The Balaban J connectivity index is 1.42. The van der Waals surface area contributed by atoms with Crippen LogP contribution in [0.3, 0.4) is 0 Å². The Morgan fingerprint density at radius 2 is 1.19 bits per heavy atom. The molecule has 0 bridgehead atoms. The Labute approximate surface area is 215 Å². The summed E-state index contributed by atoms with van der Waals surface area (Å²) in [6.45, 7) is 8.39. The lowest BCUT2D eigenvalue weighted by molar-refractivity contribution is 0.00578. The number of hydrogen-bond donors (Lipinski definition) is 0. The summed E-state index contributed by atoms with van der Waals surface area (Å²) in [5.74, 6) is 0. The van der Waals surface area contributed by atoms with Gasteiger partial charge >= 0.3 is 7.12 Å². The first-order chi connectivity index (χ1) is 17.3. The summed E-state index contributed by atoms with van der Waals surface area (Å²) in [5, 5.41) is 7.96. The number of benzene rings is 5. The summed E-state index contributed by atoms with van der Waals surface area (Å²) >= 11 is 1.89. The molecule has 1 aromatic heterocycles. The molecule has 36 heavy (non-hydrogen) atoms. The van der Waals surface area contributed by atoms with Gasteiger partial charge in [-0.15, -0.1) is 11.3 Å². The van der Waals surface area contributed by atoms with E-state index >= 15 is 0 Å². The Morgan fingerprint density at radius 3 is 1.92 bits per heavy atom. The van der Waals surface area contributed by atoms with Crippen molar-refractivity contribution in [2.45, 2.75) is 38.9 Å². The molecule has 2 nitrogen and oxygen atoms in total. The largest absolute Gasteiger partial charge is 0.494 e. The molecule has 0 radical (unpaired) electrons. The fraction of sp³-hybridized carbons (Fsp3) is 0.188. The molecule has 1 saturated heterocycles. The average molecular weight is 486 g/mol. The normalized spacial score (nSPS) is 17.1. The molecule has 5 aromatic carbocycles. The molecule has 6 aromatic rings. The zero-order chi connectivity index (χ0) is 24.7. The van der Waals surface area contributed by atoms with Crippen LogP contribution in [0.4, 0.5) is 0 Å². The maximum absolute atomic E-state index is 6.32. The zero-order valence-corrected chi connectivity index (χ0v) is 21.8. The first kappa shape index (κ1) is 22.1. The van der Waals surface area contributed by atoms with Crippen molar-refractivity contribution in [2.24, 2.45) is 0 Å². The fourth-order valence-electron chi connectivity index (χ4n) is 5.43. The van der Waals surface area contributed by atoms with Gasteiger partial charge in [0.25, 0.3) is 0 Å². The molecule has 0 saturated carbocycles. The molecule has 1 fully saturated rings. The van der Waals surface area contributed by atoms with Crippen LogP contribution in [-0.4, -0.2) is 18.3 Å². The minimum Gasteiger partial charge on any atom is -0.399 e. The van der Waals surface area contributed by atoms with E-state index in [2.05, 4.69) is 119 Å². The Kier molecular flexibility index (Phi) is 4.69. The van der Waals surface area contributed by atoms with Crippen molar-refractivity contribution in [1.29, 1.82) is 0 Å². The van der Waals surface area contributed by atoms with Gasteiger partial charge in [-0.25, -0.2) is 0 Å². The Bertz CT molecular complexity index is 1800. The van der Waals surface area contributed by atoms with Crippen molar-refractivity contribution in [3.8, 4) is 11.1 Å². The summed E-state index contributed by atoms with van der Waals surface area (Å²) in [7, 11) is -0.365. The zero-order valence-electron chi connectivity index (χ0n) is 21.0. The molecule has 0 N–H and O–H groups in total. The van der Waals surface area contributed by atoms with E-state index in [4.69, 9.17) is 9.31 Å². The highest BCUT2D eigenvalue weighted by molar-refractivity contribution is 7.27. The molecule has 7 rings (SSSR count).